The van der Waals surface area contributed by atoms with Crippen molar-refractivity contribution in [1.82, 2.24) is 0 Å². The van der Waals surface area contributed by atoms with Crippen LogP contribution in [-0.2, 0) is 47.4 Å². The Bertz CT molecular complexity index is 5780. The topological polar surface area (TPSA) is 49.4 Å². The van der Waals surface area contributed by atoms with Crippen molar-refractivity contribution in [2.45, 2.75) is 135 Å². The molecule has 16 rings (SSSR count). The minimum Gasteiger partial charge on any atom is -0.456 e. The van der Waals surface area contributed by atoms with Crippen LogP contribution in [0.5, 0.6) is 11.5 Å². The summed E-state index contributed by atoms with van der Waals surface area (Å²) in [6.07, 6.45) is 17.5. The maximum Gasteiger partial charge on any atom is 0.135 e. The second kappa shape index (κ2) is 35.5. The van der Waals surface area contributed by atoms with Crippen LogP contribution in [0.1, 0.15) is 140 Å². The first-order valence-electron chi connectivity index (χ1n) is 40.3. The van der Waals surface area contributed by atoms with Crippen LogP contribution in [0.2, 0.25) is 0 Å². The fourth-order valence-electron chi connectivity index (χ4n) is 17.0. The summed E-state index contributed by atoms with van der Waals surface area (Å²) in [6.45, 7) is 17.2. The number of hydrogen-bond acceptors (Lipinski definition) is 6. The van der Waals surface area contributed by atoms with Gasteiger partial charge >= 0.3 is 0 Å². The third-order valence-corrected chi connectivity index (χ3v) is 22.8. The van der Waals surface area contributed by atoms with Crippen molar-refractivity contribution in [1.29, 1.82) is 0 Å². The molecule has 13 aromatic carbocycles. The molecule has 0 saturated heterocycles. The van der Waals surface area contributed by atoms with Gasteiger partial charge in [-0.3, -0.25) is 0 Å². The van der Waals surface area contributed by atoms with E-state index in [1.54, 1.807) is 28.4 Å². The molecule has 4 atom stereocenters. The Kier molecular flexibility index (Phi) is 25.4. The predicted octanol–water partition coefficient (Wildman–Crippen LogP) is 26.6. The summed E-state index contributed by atoms with van der Waals surface area (Å²) in [6, 6.07) is 89.7. The van der Waals surface area contributed by atoms with Gasteiger partial charge in [-0.05, 0) is 218 Å². The van der Waals surface area contributed by atoms with Crippen LogP contribution < -0.4 is 9.64 Å². The number of para-hydroxylation sites is 1. The van der Waals surface area contributed by atoms with Crippen molar-refractivity contribution in [3.63, 3.8) is 0 Å². The molecule has 1 aliphatic carbocycles. The van der Waals surface area contributed by atoms with Gasteiger partial charge in [0.15, 0.2) is 0 Å². The van der Waals surface area contributed by atoms with Crippen molar-refractivity contribution >= 4 is 85.8 Å². The molecule has 2 heterocycles. The average molecular weight is 1490 g/mol. The van der Waals surface area contributed by atoms with Crippen molar-refractivity contribution < 1.29 is 23.7 Å². The summed E-state index contributed by atoms with van der Waals surface area (Å²) in [7, 11) is 35.6. The van der Waals surface area contributed by atoms with E-state index < -0.39 is 22.0 Å². The zero-order valence-corrected chi connectivity index (χ0v) is 68.7. The highest BCUT2D eigenvalue weighted by Gasteiger charge is 2.32. The molecule has 6 nitrogen and oxygen atoms in total. The Balaban J connectivity index is 0.000000133. The third-order valence-electron chi connectivity index (χ3n) is 22.8. The minimum absolute atomic E-state index is 0.845. The lowest BCUT2D eigenvalue weighted by Gasteiger charge is -2.29. The smallest absolute Gasteiger partial charge is 0.135 e. The SMILES string of the molecule is [B]C(C=C(C)CCC)(OC)c1ccc2c(c1)-c1cccc3cccc(c13)O2.[B]C(C=C(C)CCC)(OC)c1ccc2c(c1)-c1ccccc1-c1ccccc1N2C.[B]C(C=C(C)CCC)(OC)c1ccc2c(c1)-c1ccccc1Cc1ccccc1-2.[B]C(C=C(C)CCC)(OC)c1ccc2c3ccccc3c3ccccc3c2c1. The van der Waals surface area contributed by atoms with Gasteiger partial charge in [0.25, 0.3) is 0 Å². The number of rotatable bonds is 20. The Labute approximate surface area is 682 Å². The zero-order valence-electron chi connectivity index (χ0n) is 68.7. The van der Waals surface area contributed by atoms with Crippen LogP contribution in [0.4, 0.5) is 11.4 Å². The van der Waals surface area contributed by atoms with E-state index in [9.17, 15) is 0 Å². The molecule has 4 unspecified atom stereocenters. The highest BCUT2D eigenvalue weighted by molar-refractivity contribution is 6.26. The number of ether oxygens (including phenoxy) is 5. The van der Waals surface area contributed by atoms with Crippen molar-refractivity contribution in [2.24, 2.45) is 0 Å². The molecule has 0 saturated carbocycles. The van der Waals surface area contributed by atoms with E-state index >= 15 is 0 Å². The van der Waals surface area contributed by atoms with Gasteiger partial charge in [-0.2, -0.15) is 0 Å². The van der Waals surface area contributed by atoms with E-state index in [-0.39, 0.29) is 0 Å². The summed E-state index contributed by atoms with van der Waals surface area (Å²) >= 11 is 0. The average Bonchev–Trinajstić information content (AvgIpc) is 0.825. The zero-order chi connectivity index (χ0) is 80.5. The first kappa shape index (κ1) is 81.6. The number of nitrogens with zero attached hydrogens (tertiary/aromatic N) is 1. The summed E-state index contributed by atoms with van der Waals surface area (Å²) in [4.78, 5) is 2.26. The summed E-state index contributed by atoms with van der Waals surface area (Å²) in [5, 5.41) is 9.81. The van der Waals surface area contributed by atoms with Crippen molar-refractivity contribution in [2.75, 3.05) is 40.4 Å². The molecular weight excluding hydrogens is 1390 g/mol. The van der Waals surface area contributed by atoms with Gasteiger partial charge in [0, 0.05) is 68.9 Å². The molecule has 0 amide bonds. The first-order chi connectivity index (χ1) is 55.2. The van der Waals surface area contributed by atoms with Crippen LogP contribution in [0.25, 0.3) is 98.7 Å². The van der Waals surface area contributed by atoms with Gasteiger partial charge in [0.2, 0.25) is 0 Å². The summed E-state index contributed by atoms with van der Waals surface area (Å²) < 4.78 is 29.3. The van der Waals surface area contributed by atoms with Gasteiger partial charge in [0.1, 0.15) is 42.9 Å². The number of allylic oxidation sites excluding steroid dienone is 4. The number of anilines is 2. The molecule has 0 aromatic heterocycles. The molecule has 2 aliphatic heterocycles. The molecule has 566 valence electrons. The number of benzene rings is 13. The van der Waals surface area contributed by atoms with Gasteiger partial charge in [0.05, 0.1) is 22.0 Å². The van der Waals surface area contributed by atoms with E-state index in [0.717, 1.165) is 114 Å². The third kappa shape index (κ3) is 16.8. The van der Waals surface area contributed by atoms with E-state index in [0.29, 0.717) is 0 Å². The predicted molar refractivity (Wildman–Crippen MR) is 486 cm³/mol. The molecule has 0 fully saturated rings. The van der Waals surface area contributed by atoms with Gasteiger partial charge < -0.3 is 28.6 Å². The molecule has 0 N–H and O–H groups in total. The van der Waals surface area contributed by atoms with Crippen LogP contribution in [0.15, 0.2) is 301 Å². The lowest BCUT2D eigenvalue weighted by molar-refractivity contribution is 0.102. The number of fused-ring (bicyclic) bond motifs is 18. The van der Waals surface area contributed by atoms with Crippen LogP contribution >= 0.6 is 0 Å². The van der Waals surface area contributed by atoms with Gasteiger partial charge in [-0.15, -0.1) is 0 Å². The Morgan fingerprint density at radius 3 is 1.18 bits per heavy atom. The molecule has 114 heavy (non-hydrogen) atoms. The molecule has 13 aromatic rings. The standard InChI is InChI=1S/C27H28BNO.C27H27BO.C26H25BO.C24H23BO2/c1-5-10-19(2)18-27(28,30-4)20-15-16-26-24(17-20)22-12-7-6-11-21(22)23-13-8-9-14-25(23)29(26)3;1-4-9-19(2)18-27(28,29-3)22-14-15-25-23-12-7-5-10-20(23)16-21-11-6-8-13-24(21)26(25)17-22;1-4-9-18(2)17-26(27,28-3)19-14-15-24-22-12-6-5-10-20(22)21-11-7-8-13-23(21)25(24)16-19;1-4-7-16(2)15-24(25,26-3)18-12-13-21-20(14-18)19-10-5-8-17-9-6-11-22(27-21)23(17)19/h6-9,11-18H,5,10H2,1-4H3;5-8,10-15,17-18H,4,9,16H2,1-3H3;5-8,10-17H,4,9H2,1-3H3;5-6,8-15H,4,7H2,1-3H3. The summed E-state index contributed by atoms with van der Waals surface area (Å²) in [5.74, 6) is 1.74. The highest BCUT2D eigenvalue weighted by Crippen LogP contribution is 2.51. The molecule has 3 aliphatic rings. The van der Waals surface area contributed by atoms with Gasteiger partial charge in [-0.1, -0.05) is 306 Å². The quantitative estimate of drug-likeness (QED) is 0.0431. The molecular formula is C104H103B4NO5. The highest BCUT2D eigenvalue weighted by atomic mass is 16.5. The normalized spacial score (nSPS) is 14.9. The van der Waals surface area contributed by atoms with E-state index in [1.807, 2.05) is 30.3 Å². The fraction of sp³-hybridized carbons (Fsp3) is 0.250. The van der Waals surface area contributed by atoms with Crippen molar-refractivity contribution in [3.05, 3.63) is 335 Å². The van der Waals surface area contributed by atoms with E-state index in [2.05, 4.69) is 316 Å². The van der Waals surface area contributed by atoms with Gasteiger partial charge in [-0.25, -0.2) is 0 Å². The second-order valence-electron chi connectivity index (χ2n) is 30.9. The monoisotopic (exact) mass is 1490 g/mol. The maximum absolute atomic E-state index is 6.75. The maximum atomic E-state index is 6.75. The molecule has 10 heteroatoms. The lowest BCUT2D eigenvalue weighted by atomic mass is 9.73. The van der Waals surface area contributed by atoms with Crippen LogP contribution in [-0.4, -0.2) is 66.9 Å². The first-order valence-corrected chi connectivity index (χ1v) is 40.3. The van der Waals surface area contributed by atoms with Crippen LogP contribution in [0.3, 0.4) is 0 Å². The van der Waals surface area contributed by atoms with E-state index in [1.165, 1.54) is 121 Å². The number of methoxy groups -OCH3 is 4. The van der Waals surface area contributed by atoms with E-state index in [4.69, 9.17) is 55.1 Å². The second-order valence-corrected chi connectivity index (χ2v) is 30.9. The molecule has 8 radical (unpaired) electrons. The lowest BCUT2D eigenvalue weighted by Crippen LogP contribution is -2.27. The fourth-order valence-corrected chi connectivity index (χ4v) is 17.0. The van der Waals surface area contributed by atoms with Crippen LogP contribution in [0, 0.1) is 0 Å². The Morgan fingerprint density at radius 1 is 0.325 bits per heavy atom. The number of hydrogen-bond donors (Lipinski definition) is 0. The van der Waals surface area contributed by atoms with Crippen molar-refractivity contribution in [3.8, 4) is 67.1 Å². The largest absolute Gasteiger partial charge is 0.456 e. The Morgan fingerprint density at radius 2 is 0.675 bits per heavy atom. The minimum atomic E-state index is -0.959. The Hall–Kier alpha value is -10.4. The molecule has 0 spiro atoms. The summed E-state index contributed by atoms with van der Waals surface area (Å²) in [5.41, 5.74) is 22.1. The molecule has 0 bridgehead atoms.